The number of hydrogen-bond acceptors (Lipinski definition) is 5. The first-order valence-electron chi connectivity index (χ1n) is 6.78. The molecular formula is C14H19N3O3. The molecule has 0 bridgehead atoms. The Morgan fingerprint density at radius 1 is 1.35 bits per heavy atom. The molecule has 1 aromatic rings. The molecule has 1 amide bonds. The molecule has 0 aromatic carbocycles. The lowest BCUT2D eigenvalue weighted by atomic mass is 9.99. The smallest absolute Gasteiger partial charge is 0.307 e. The topological polar surface area (TPSA) is 72.4 Å². The molecule has 1 unspecified atom stereocenters. The zero-order chi connectivity index (χ0) is 14.5. The van der Waals surface area contributed by atoms with Crippen LogP contribution >= 0.6 is 0 Å². The second-order valence-corrected chi connectivity index (χ2v) is 4.97. The predicted molar refractivity (Wildman–Crippen MR) is 72.1 cm³/mol. The van der Waals surface area contributed by atoms with Crippen molar-refractivity contribution in [2.75, 3.05) is 13.7 Å². The number of likely N-dealkylation sites (tertiary alicyclic amines) is 1. The fraction of sp³-hybridized carbons (Fsp3) is 0.571. The summed E-state index contributed by atoms with van der Waals surface area (Å²) in [5.41, 5.74) is 1.10. The summed E-state index contributed by atoms with van der Waals surface area (Å²) >= 11 is 0. The summed E-state index contributed by atoms with van der Waals surface area (Å²) in [4.78, 5) is 33.8. The van der Waals surface area contributed by atoms with Gasteiger partial charge in [-0.25, -0.2) is 4.98 Å². The molecule has 0 saturated carbocycles. The number of nitrogens with zero attached hydrogens (tertiary/aromatic N) is 3. The van der Waals surface area contributed by atoms with Crippen molar-refractivity contribution in [1.29, 1.82) is 0 Å². The molecule has 1 fully saturated rings. The van der Waals surface area contributed by atoms with E-state index in [2.05, 4.69) is 9.97 Å². The monoisotopic (exact) mass is 277 g/mol. The highest BCUT2D eigenvalue weighted by atomic mass is 16.5. The summed E-state index contributed by atoms with van der Waals surface area (Å²) in [5.74, 6) is -0.448. The van der Waals surface area contributed by atoms with E-state index in [4.69, 9.17) is 4.74 Å². The van der Waals surface area contributed by atoms with Crippen LogP contribution in [0.3, 0.4) is 0 Å². The number of carbonyl (C=O) groups is 2. The number of esters is 1. The Kier molecular flexibility index (Phi) is 4.65. The van der Waals surface area contributed by atoms with E-state index in [9.17, 15) is 9.59 Å². The van der Waals surface area contributed by atoms with E-state index in [0.717, 1.165) is 25.0 Å². The SMILES string of the molecule is COC(=O)CC1CCCCN1C(=O)c1cnc(C)cn1. The van der Waals surface area contributed by atoms with E-state index in [0.29, 0.717) is 12.2 Å². The molecule has 1 aliphatic heterocycles. The zero-order valence-corrected chi connectivity index (χ0v) is 11.8. The van der Waals surface area contributed by atoms with Crippen LogP contribution < -0.4 is 0 Å². The quantitative estimate of drug-likeness (QED) is 0.780. The van der Waals surface area contributed by atoms with E-state index in [-0.39, 0.29) is 24.3 Å². The van der Waals surface area contributed by atoms with E-state index in [1.165, 1.54) is 13.3 Å². The summed E-state index contributed by atoms with van der Waals surface area (Å²) < 4.78 is 4.70. The number of rotatable bonds is 3. The first kappa shape index (κ1) is 14.4. The first-order valence-corrected chi connectivity index (χ1v) is 6.78. The zero-order valence-electron chi connectivity index (χ0n) is 11.8. The standard InChI is InChI=1S/C14H19N3O3/c1-10-8-16-12(9-15-10)14(19)17-6-4-3-5-11(17)7-13(18)20-2/h8-9,11H,3-7H2,1-2H3. The van der Waals surface area contributed by atoms with Gasteiger partial charge in [0.15, 0.2) is 0 Å². The Balaban J connectivity index is 2.12. The molecular weight excluding hydrogens is 258 g/mol. The van der Waals surface area contributed by atoms with E-state index >= 15 is 0 Å². The van der Waals surface area contributed by atoms with Gasteiger partial charge in [-0.1, -0.05) is 0 Å². The fourth-order valence-corrected chi connectivity index (χ4v) is 2.41. The summed E-state index contributed by atoms with van der Waals surface area (Å²) in [6.07, 6.45) is 6.09. The van der Waals surface area contributed by atoms with E-state index < -0.39 is 0 Å². The maximum absolute atomic E-state index is 12.5. The number of aromatic nitrogens is 2. The number of carbonyl (C=O) groups excluding carboxylic acids is 2. The molecule has 2 rings (SSSR count). The number of piperidine rings is 1. The molecule has 6 nitrogen and oxygen atoms in total. The third-order valence-corrected chi connectivity index (χ3v) is 3.52. The summed E-state index contributed by atoms with van der Waals surface area (Å²) in [5, 5.41) is 0. The molecule has 1 atom stereocenters. The highest BCUT2D eigenvalue weighted by molar-refractivity contribution is 5.92. The van der Waals surface area contributed by atoms with Crippen molar-refractivity contribution in [3.63, 3.8) is 0 Å². The molecule has 20 heavy (non-hydrogen) atoms. The minimum absolute atomic E-state index is 0.105. The molecule has 0 N–H and O–H groups in total. The van der Waals surface area contributed by atoms with Crippen LogP contribution in [0.4, 0.5) is 0 Å². The van der Waals surface area contributed by atoms with Gasteiger partial charge >= 0.3 is 5.97 Å². The second-order valence-electron chi connectivity index (χ2n) is 4.97. The van der Waals surface area contributed by atoms with Crippen LogP contribution in [0.2, 0.25) is 0 Å². The number of aryl methyl sites for hydroxylation is 1. The van der Waals surface area contributed by atoms with Gasteiger partial charge in [-0.2, -0.15) is 0 Å². The molecule has 1 saturated heterocycles. The Hall–Kier alpha value is -1.98. The molecule has 108 valence electrons. The molecule has 2 heterocycles. The lowest BCUT2D eigenvalue weighted by Gasteiger charge is -2.34. The van der Waals surface area contributed by atoms with E-state index in [1.807, 2.05) is 6.92 Å². The van der Waals surface area contributed by atoms with Gasteiger partial charge in [0.05, 0.1) is 25.4 Å². The van der Waals surface area contributed by atoms with Crippen LogP contribution in [0.1, 0.15) is 41.9 Å². The van der Waals surface area contributed by atoms with Crippen LogP contribution in [-0.2, 0) is 9.53 Å². The van der Waals surface area contributed by atoms with Crippen molar-refractivity contribution in [3.05, 3.63) is 23.8 Å². The summed E-state index contributed by atoms with van der Waals surface area (Å²) in [7, 11) is 1.36. The normalized spacial score (nSPS) is 18.7. The first-order chi connectivity index (χ1) is 9.61. The summed E-state index contributed by atoms with van der Waals surface area (Å²) in [6, 6.07) is -0.105. The van der Waals surface area contributed by atoms with Crippen molar-refractivity contribution in [2.45, 2.75) is 38.6 Å². The van der Waals surface area contributed by atoms with Gasteiger partial charge in [0.25, 0.3) is 5.91 Å². The molecule has 0 aliphatic carbocycles. The maximum atomic E-state index is 12.5. The van der Waals surface area contributed by atoms with Crippen molar-refractivity contribution in [1.82, 2.24) is 14.9 Å². The second kappa shape index (κ2) is 6.45. The van der Waals surface area contributed by atoms with Crippen LogP contribution in [0.15, 0.2) is 12.4 Å². The molecule has 0 radical (unpaired) electrons. The number of amides is 1. The van der Waals surface area contributed by atoms with E-state index in [1.54, 1.807) is 11.1 Å². The highest BCUT2D eigenvalue weighted by Gasteiger charge is 2.30. The van der Waals surface area contributed by atoms with Crippen LogP contribution in [0, 0.1) is 6.92 Å². The van der Waals surface area contributed by atoms with Crippen LogP contribution in [0.5, 0.6) is 0 Å². The van der Waals surface area contributed by atoms with Crippen molar-refractivity contribution in [3.8, 4) is 0 Å². The fourth-order valence-electron chi connectivity index (χ4n) is 2.41. The van der Waals surface area contributed by atoms with Gasteiger partial charge in [-0.3, -0.25) is 14.6 Å². The Morgan fingerprint density at radius 2 is 2.15 bits per heavy atom. The third kappa shape index (κ3) is 3.31. The van der Waals surface area contributed by atoms with Gasteiger partial charge in [0.1, 0.15) is 5.69 Å². The summed E-state index contributed by atoms with van der Waals surface area (Å²) in [6.45, 7) is 2.47. The Bertz CT molecular complexity index is 487. The molecule has 6 heteroatoms. The average molecular weight is 277 g/mol. The van der Waals surface area contributed by atoms with Crippen molar-refractivity contribution >= 4 is 11.9 Å². The van der Waals surface area contributed by atoms with Crippen molar-refractivity contribution in [2.24, 2.45) is 0 Å². The average Bonchev–Trinajstić information content (AvgIpc) is 2.48. The maximum Gasteiger partial charge on any atom is 0.307 e. The van der Waals surface area contributed by atoms with Gasteiger partial charge in [-0.05, 0) is 26.2 Å². The lowest BCUT2D eigenvalue weighted by molar-refractivity contribution is -0.142. The van der Waals surface area contributed by atoms with Crippen LogP contribution in [0.25, 0.3) is 0 Å². The Labute approximate surface area is 118 Å². The van der Waals surface area contributed by atoms with Gasteiger partial charge in [-0.15, -0.1) is 0 Å². The van der Waals surface area contributed by atoms with Crippen molar-refractivity contribution < 1.29 is 14.3 Å². The number of methoxy groups -OCH3 is 1. The molecule has 0 spiro atoms. The van der Waals surface area contributed by atoms with Gasteiger partial charge in [0.2, 0.25) is 0 Å². The highest BCUT2D eigenvalue weighted by Crippen LogP contribution is 2.21. The minimum Gasteiger partial charge on any atom is -0.469 e. The molecule has 1 aliphatic rings. The third-order valence-electron chi connectivity index (χ3n) is 3.52. The number of hydrogen-bond donors (Lipinski definition) is 0. The molecule has 1 aromatic heterocycles. The van der Waals surface area contributed by atoms with Crippen LogP contribution in [-0.4, -0.2) is 46.4 Å². The lowest BCUT2D eigenvalue weighted by Crippen LogP contribution is -2.45. The van der Waals surface area contributed by atoms with Gasteiger partial charge < -0.3 is 9.64 Å². The Morgan fingerprint density at radius 3 is 2.80 bits per heavy atom. The largest absolute Gasteiger partial charge is 0.469 e. The van der Waals surface area contributed by atoms with Gasteiger partial charge in [0, 0.05) is 18.8 Å². The minimum atomic E-state index is -0.287. The predicted octanol–water partition coefficient (Wildman–Crippen LogP) is 1.34. The number of ether oxygens (including phenoxy) is 1.